The van der Waals surface area contributed by atoms with E-state index in [0.717, 1.165) is 34.3 Å². The first-order valence-corrected chi connectivity index (χ1v) is 7.60. The maximum Gasteiger partial charge on any atom is 0.195 e. The maximum atomic E-state index is 6.00. The van der Waals surface area contributed by atoms with Gasteiger partial charge < -0.3 is 5.73 Å². The van der Waals surface area contributed by atoms with Crippen molar-refractivity contribution in [2.24, 2.45) is 5.73 Å². The van der Waals surface area contributed by atoms with Crippen molar-refractivity contribution in [1.29, 1.82) is 0 Å². The molecule has 6 heteroatoms. The summed E-state index contributed by atoms with van der Waals surface area (Å²) in [6, 6.07) is 0.0895. The third kappa shape index (κ3) is 1.96. The zero-order valence-corrected chi connectivity index (χ0v) is 13.0. The fourth-order valence-electron chi connectivity index (χ4n) is 2.41. The van der Waals surface area contributed by atoms with Gasteiger partial charge in [-0.25, -0.2) is 4.68 Å². The second kappa shape index (κ2) is 4.71. The lowest BCUT2D eigenvalue weighted by atomic mass is 10.2. The molecule has 1 unspecified atom stereocenters. The molecule has 0 amide bonds. The second-order valence-corrected chi connectivity index (χ2v) is 6.20. The zero-order chi connectivity index (χ0) is 14.4. The Hall–Kier alpha value is -1.66. The number of rotatable bonds is 3. The quantitative estimate of drug-likeness (QED) is 0.805. The van der Waals surface area contributed by atoms with Crippen LogP contribution in [0.15, 0.2) is 11.6 Å². The molecule has 2 N–H and O–H groups in total. The smallest absolute Gasteiger partial charge is 0.195 e. The SMILES string of the molecule is Cc1nn(-c2nc3sccn3c2CC(C)N)c(C)c1C. The molecule has 3 aromatic rings. The number of nitrogens with two attached hydrogens (primary N) is 1. The van der Waals surface area contributed by atoms with Crippen molar-refractivity contribution in [1.82, 2.24) is 19.2 Å². The molecular weight excluding hydrogens is 270 g/mol. The Kier molecular flexibility index (Phi) is 3.14. The molecule has 0 saturated carbocycles. The van der Waals surface area contributed by atoms with E-state index in [9.17, 15) is 0 Å². The summed E-state index contributed by atoms with van der Waals surface area (Å²) in [4.78, 5) is 5.72. The minimum Gasteiger partial charge on any atom is -0.328 e. The molecule has 0 aliphatic carbocycles. The van der Waals surface area contributed by atoms with Gasteiger partial charge in [0.05, 0.1) is 11.4 Å². The number of aromatic nitrogens is 4. The van der Waals surface area contributed by atoms with Crippen LogP contribution in [0.25, 0.3) is 10.8 Å². The Balaban J connectivity index is 2.24. The molecule has 3 aromatic heterocycles. The van der Waals surface area contributed by atoms with Crippen molar-refractivity contribution in [2.45, 2.75) is 40.2 Å². The number of hydrogen-bond donors (Lipinski definition) is 1. The van der Waals surface area contributed by atoms with Gasteiger partial charge in [0.15, 0.2) is 10.8 Å². The van der Waals surface area contributed by atoms with Crippen molar-refractivity contribution in [3.63, 3.8) is 0 Å². The molecule has 0 spiro atoms. The number of fused-ring (bicyclic) bond motifs is 1. The van der Waals surface area contributed by atoms with Gasteiger partial charge in [0.25, 0.3) is 0 Å². The lowest BCUT2D eigenvalue weighted by molar-refractivity contribution is 0.701. The van der Waals surface area contributed by atoms with E-state index >= 15 is 0 Å². The van der Waals surface area contributed by atoms with Crippen LogP contribution >= 0.6 is 11.3 Å². The van der Waals surface area contributed by atoms with Crippen LogP contribution in [0.2, 0.25) is 0 Å². The monoisotopic (exact) mass is 289 g/mol. The average molecular weight is 289 g/mol. The van der Waals surface area contributed by atoms with Crippen LogP contribution in [-0.2, 0) is 6.42 Å². The lowest BCUT2D eigenvalue weighted by Crippen LogP contribution is -2.20. The van der Waals surface area contributed by atoms with Gasteiger partial charge in [-0.3, -0.25) is 4.40 Å². The van der Waals surface area contributed by atoms with Crippen LogP contribution < -0.4 is 5.73 Å². The van der Waals surface area contributed by atoms with E-state index in [1.165, 1.54) is 5.56 Å². The first-order chi connectivity index (χ1) is 9.49. The molecule has 5 nitrogen and oxygen atoms in total. The predicted octanol–water partition coefficient (Wildman–Crippen LogP) is 2.40. The Morgan fingerprint density at radius 1 is 1.35 bits per heavy atom. The normalized spacial score (nSPS) is 13.2. The predicted molar refractivity (Wildman–Crippen MR) is 81.8 cm³/mol. The van der Waals surface area contributed by atoms with Gasteiger partial charge in [0.1, 0.15) is 0 Å². The number of thiazole rings is 1. The molecule has 0 radical (unpaired) electrons. The molecule has 106 valence electrons. The fourth-order valence-corrected chi connectivity index (χ4v) is 3.14. The van der Waals surface area contributed by atoms with E-state index in [4.69, 9.17) is 10.7 Å². The summed E-state index contributed by atoms with van der Waals surface area (Å²) in [6.07, 6.45) is 2.83. The summed E-state index contributed by atoms with van der Waals surface area (Å²) in [5.41, 5.74) is 10.5. The van der Waals surface area contributed by atoms with E-state index in [2.05, 4.69) is 23.3 Å². The third-order valence-electron chi connectivity index (χ3n) is 3.71. The molecule has 20 heavy (non-hydrogen) atoms. The van der Waals surface area contributed by atoms with Gasteiger partial charge in [0, 0.05) is 29.7 Å². The maximum absolute atomic E-state index is 6.00. The summed E-state index contributed by atoms with van der Waals surface area (Å²) in [6.45, 7) is 8.22. The summed E-state index contributed by atoms with van der Waals surface area (Å²) in [7, 11) is 0. The van der Waals surface area contributed by atoms with Crippen LogP contribution in [0, 0.1) is 20.8 Å². The van der Waals surface area contributed by atoms with Gasteiger partial charge in [-0.2, -0.15) is 10.1 Å². The van der Waals surface area contributed by atoms with Crippen molar-refractivity contribution in [3.05, 3.63) is 34.2 Å². The van der Waals surface area contributed by atoms with Crippen LogP contribution in [0.1, 0.15) is 29.6 Å². The average Bonchev–Trinajstić information content (AvgIpc) is 3.02. The number of nitrogens with zero attached hydrogens (tertiary/aromatic N) is 4. The molecule has 0 fully saturated rings. The highest BCUT2D eigenvalue weighted by atomic mass is 32.1. The summed E-state index contributed by atoms with van der Waals surface area (Å²) in [5, 5.41) is 6.67. The molecule has 0 bridgehead atoms. The summed E-state index contributed by atoms with van der Waals surface area (Å²) < 4.78 is 4.07. The van der Waals surface area contributed by atoms with E-state index in [-0.39, 0.29) is 6.04 Å². The van der Waals surface area contributed by atoms with Gasteiger partial charge in [-0.15, -0.1) is 11.3 Å². The van der Waals surface area contributed by atoms with Gasteiger partial charge in [-0.1, -0.05) is 0 Å². The standard InChI is InChI=1S/C14H19N5S/c1-8(15)7-12-13(16-14-18(12)5-6-20-14)19-11(4)9(2)10(3)17-19/h5-6,8H,7,15H2,1-4H3. The van der Waals surface area contributed by atoms with Crippen LogP contribution in [0.5, 0.6) is 0 Å². The Labute approximate surface area is 122 Å². The minimum absolute atomic E-state index is 0.0895. The van der Waals surface area contributed by atoms with Crippen LogP contribution in [0.4, 0.5) is 0 Å². The van der Waals surface area contributed by atoms with Crippen molar-refractivity contribution in [3.8, 4) is 5.82 Å². The lowest BCUT2D eigenvalue weighted by Gasteiger charge is -2.08. The van der Waals surface area contributed by atoms with E-state index < -0.39 is 0 Å². The van der Waals surface area contributed by atoms with Crippen molar-refractivity contribution >= 4 is 16.3 Å². The van der Waals surface area contributed by atoms with Gasteiger partial charge >= 0.3 is 0 Å². The second-order valence-electron chi connectivity index (χ2n) is 5.33. The fraction of sp³-hybridized carbons (Fsp3) is 0.429. The van der Waals surface area contributed by atoms with E-state index in [1.807, 2.05) is 30.1 Å². The van der Waals surface area contributed by atoms with E-state index in [0.29, 0.717) is 0 Å². The molecule has 0 aromatic carbocycles. The Bertz CT molecular complexity index is 762. The topological polar surface area (TPSA) is 61.1 Å². The number of aryl methyl sites for hydroxylation is 1. The molecule has 0 aliphatic heterocycles. The first kappa shape index (κ1) is 13.3. The number of imidazole rings is 1. The molecule has 3 rings (SSSR count). The van der Waals surface area contributed by atoms with Gasteiger partial charge in [0.2, 0.25) is 0 Å². The van der Waals surface area contributed by atoms with E-state index in [1.54, 1.807) is 11.3 Å². The number of hydrogen-bond acceptors (Lipinski definition) is 4. The molecule has 1 atom stereocenters. The molecule has 0 aliphatic rings. The first-order valence-electron chi connectivity index (χ1n) is 6.72. The zero-order valence-electron chi connectivity index (χ0n) is 12.2. The minimum atomic E-state index is 0.0895. The highest BCUT2D eigenvalue weighted by Gasteiger charge is 2.19. The molecule has 3 heterocycles. The molecular formula is C14H19N5S. The highest BCUT2D eigenvalue weighted by molar-refractivity contribution is 7.15. The third-order valence-corrected chi connectivity index (χ3v) is 4.47. The summed E-state index contributed by atoms with van der Waals surface area (Å²) >= 11 is 1.63. The molecule has 0 saturated heterocycles. The van der Waals surface area contributed by atoms with Crippen LogP contribution in [0.3, 0.4) is 0 Å². The highest BCUT2D eigenvalue weighted by Crippen LogP contribution is 2.24. The Morgan fingerprint density at radius 3 is 2.70 bits per heavy atom. The van der Waals surface area contributed by atoms with Crippen molar-refractivity contribution < 1.29 is 0 Å². The Morgan fingerprint density at radius 2 is 2.10 bits per heavy atom. The van der Waals surface area contributed by atoms with Gasteiger partial charge in [-0.05, 0) is 33.3 Å². The largest absolute Gasteiger partial charge is 0.328 e. The van der Waals surface area contributed by atoms with Crippen LogP contribution in [-0.4, -0.2) is 25.2 Å². The summed E-state index contributed by atoms with van der Waals surface area (Å²) in [5.74, 6) is 0.905. The van der Waals surface area contributed by atoms with Crippen molar-refractivity contribution in [2.75, 3.05) is 0 Å².